The first-order valence-corrected chi connectivity index (χ1v) is 9.04. The molecule has 4 aromatic carbocycles. The average Bonchev–Trinajstić information content (AvgIpc) is 3.05. The highest BCUT2D eigenvalue weighted by Gasteiger charge is 2.18. The Balaban J connectivity index is 1.33. The predicted octanol–water partition coefficient (Wildman–Crippen LogP) is 6.06. The molecule has 0 saturated heterocycles. The largest absolute Gasteiger partial charge is 0.323 e. The van der Waals surface area contributed by atoms with Crippen molar-refractivity contribution in [2.75, 3.05) is 10.6 Å². The van der Waals surface area contributed by atoms with E-state index in [0.29, 0.717) is 0 Å². The molecule has 0 spiro atoms. The molecule has 0 fully saturated rings. The molecule has 0 aliphatic heterocycles. The molecule has 0 heterocycles. The van der Waals surface area contributed by atoms with Crippen LogP contribution in [0.4, 0.5) is 16.2 Å². The Labute approximate surface area is 157 Å². The smallest absolute Gasteiger partial charge is 0.308 e. The molecule has 27 heavy (non-hydrogen) atoms. The number of anilines is 2. The molecule has 1 aliphatic carbocycles. The van der Waals surface area contributed by atoms with E-state index < -0.39 is 0 Å². The molecule has 1 aliphatic rings. The van der Waals surface area contributed by atoms with Gasteiger partial charge in [-0.1, -0.05) is 60.7 Å². The van der Waals surface area contributed by atoms with Gasteiger partial charge in [-0.25, -0.2) is 4.79 Å². The van der Waals surface area contributed by atoms with Crippen LogP contribution in [0.1, 0.15) is 11.1 Å². The van der Waals surface area contributed by atoms with Gasteiger partial charge in [0.2, 0.25) is 0 Å². The molecule has 2 amide bonds. The van der Waals surface area contributed by atoms with E-state index in [9.17, 15) is 4.79 Å². The monoisotopic (exact) mass is 350 g/mol. The second-order valence-corrected chi connectivity index (χ2v) is 6.85. The van der Waals surface area contributed by atoms with E-state index in [2.05, 4.69) is 53.1 Å². The SMILES string of the molecule is O=C(Nc1ccc2c(c1)Cc1ccccc1-2)Nc1ccc2ccccc2c1. The summed E-state index contributed by atoms with van der Waals surface area (Å²) in [6.07, 6.45) is 0.910. The zero-order chi connectivity index (χ0) is 18.2. The first kappa shape index (κ1) is 15.6. The molecule has 4 aromatic rings. The second-order valence-electron chi connectivity index (χ2n) is 6.85. The Morgan fingerprint density at radius 2 is 1.30 bits per heavy atom. The fourth-order valence-corrected chi connectivity index (χ4v) is 3.78. The van der Waals surface area contributed by atoms with Gasteiger partial charge in [-0.3, -0.25) is 0 Å². The first-order valence-electron chi connectivity index (χ1n) is 9.04. The zero-order valence-electron chi connectivity index (χ0n) is 14.7. The predicted molar refractivity (Wildman–Crippen MR) is 111 cm³/mol. The average molecular weight is 350 g/mol. The molecule has 0 radical (unpaired) electrons. The minimum absolute atomic E-state index is 0.235. The molecule has 3 heteroatoms. The lowest BCUT2D eigenvalue weighted by molar-refractivity contribution is 0.262. The Kier molecular flexibility index (Phi) is 3.65. The molecule has 5 rings (SSSR count). The van der Waals surface area contributed by atoms with Crippen molar-refractivity contribution >= 4 is 28.2 Å². The highest BCUT2D eigenvalue weighted by molar-refractivity contribution is 6.01. The normalized spacial score (nSPS) is 11.7. The minimum Gasteiger partial charge on any atom is -0.308 e. The van der Waals surface area contributed by atoms with Gasteiger partial charge < -0.3 is 10.6 Å². The van der Waals surface area contributed by atoms with Crippen LogP contribution in [0.15, 0.2) is 84.9 Å². The molecule has 0 atom stereocenters. The Morgan fingerprint density at radius 3 is 2.19 bits per heavy atom. The van der Waals surface area contributed by atoms with Crippen LogP contribution in [0.25, 0.3) is 21.9 Å². The number of fused-ring (bicyclic) bond motifs is 4. The summed E-state index contributed by atoms with van der Waals surface area (Å²) in [4.78, 5) is 12.4. The van der Waals surface area contributed by atoms with Crippen LogP contribution >= 0.6 is 0 Å². The van der Waals surface area contributed by atoms with Crippen molar-refractivity contribution < 1.29 is 4.79 Å². The summed E-state index contributed by atoms with van der Waals surface area (Å²) < 4.78 is 0. The van der Waals surface area contributed by atoms with E-state index in [4.69, 9.17) is 0 Å². The number of benzene rings is 4. The summed E-state index contributed by atoms with van der Waals surface area (Å²) in [6, 6.07) is 28.3. The number of nitrogens with one attached hydrogen (secondary N) is 2. The van der Waals surface area contributed by atoms with E-state index in [1.165, 1.54) is 22.3 Å². The number of carbonyl (C=O) groups excluding carboxylic acids is 1. The fraction of sp³-hybridized carbons (Fsp3) is 0.0417. The summed E-state index contributed by atoms with van der Waals surface area (Å²) in [6.45, 7) is 0. The number of rotatable bonds is 2. The third-order valence-electron chi connectivity index (χ3n) is 5.06. The van der Waals surface area contributed by atoms with Gasteiger partial charge in [0.25, 0.3) is 0 Å². The van der Waals surface area contributed by atoms with E-state index in [0.717, 1.165) is 28.6 Å². The molecule has 2 N–H and O–H groups in total. The van der Waals surface area contributed by atoms with Crippen LogP contribution in [-0.4, -0.2) is 6.03 Å². The third kappa shape index (κ3) is 2.93. The van der Waals surface area contributed by atoms with Gasteiger partial charge in [0.15, 0.2) is 0 Å². The van der Waals surface area contributed by atoms with Crippen LogP contribution in [0, 0.1) is 0 Å². The first-order chi connectivity index (χ1) is 13.3. The number of urea groups is 1. The maximum atomic E-state index is 12.4. The molecular formula is C24H18N2O. The van der Waals surface area contributed by atoms with E-state index in [1.807, 2.05) is 42.5 Å². The maximum Gasteiger partial charge on any atom is 0.323 e. The van der Waals surface area contributed by atoms with E-state index >= 15 is 0 Å². The lowest BCUT2D eigenvalue weighted by Crippen LogP contribution is -2.19. The van der Waals surface area contributed by atoms with Crippen molar-refractivity contribution in [1.29, 1.82) is 0 Å². The summed E-state index contributed by atoms with van der Waals surface area (Å²) in [5.74, 6) is 0. The van der Waals surface area contributed by atoms with Gasteiger partial charge in [0, 0.05) is 11.4 Å². The van der Waals surface area contributed by atoms with Gasteiger partial charge in [-0.05, 0) is 63.7 Å². The number of carbonyl (C=O) groups is 1. The quantitative estimate of drug-likeness (QED) is 0.399. The zero-order valence-corrected chi connectivity index (χ0v) is 14.7. The molecule has 0 bridgehead atoms. The molecule has 0 aromatic heterocycles. The van der Waals surface area contributed by atoms with Gasteiger partial charge in [-0.2, -0.15) is 0 Å². The maximum absolute atomic E-state index is 12.4. The van der Waals surface area contributed by atoms with Crippen molar-refractivity contribution in [3.63, 3.8) is 0 Å². The van der Waals surface area contributed by atoms with Gasteiger partial charge in [0.05, 0.1) is 0 Å². The Bertz CT molecular complexity index is 1180. The van der Waals surface area contributed by atoms with Crippen molar-refractivity contribution in [1.82, 2.24) is 0 Å². The van der Waals surface area contributed by atoms with E-state index in [-0.39, 0.29) is 6.03 Å². The van der Waals surface area contributed by atoms with Crippen LogP contribution < -0.4 is 10.6 Å². The lowest BCUT2D eigenvalue weighted by atomic mass is 10.1. The van der Waals surface area contributed by atoms with Crippen molar-refractivity contribution in [2.45, 2.75) is 6.42 Å². The topological polar surface area (TPSA) is 41.1 Å². The summed E-state index contributed by atoms with van der Waals surface area (Å²) in [5, 5.41) is 8.12. The van der Waals surface area contributed by atoms with E-state index in [1.54, 1.807) is 0 Å². The standard InChI is InChI=1S/C24H18N2O/c27-24(25-20-10-9-16-5-1-2-6-17(16)14-20)26-21-11-12-23-19(15-21)13-18-7-3-4-8-22(18)23/h1-12,14-15H,13H2,(H2,25,26,27). The van der Waals surface area contributed by atoms with Crippen LogP contribution in [0.2, 0.25) is 0 Å². The van der Waals surface area contributed by atoms with Crippen LogP contribution in [0.5, 0.6) is 0 Å². The van der Waals surface area contributed by atoms with Gasteiger partial charge in [0.1, 0.15) is 0 Å². The van der Waals surface area contributed by atoms with Crippen molar-refractivity contribution in [3.8, 4) is 11.1 Å². The van der Waals surface area contributed by atoms with Crippen LogP contribution in [0.3, 0.4) is 0 Å². The molecule has 130 valence electrons. The lowest BCUT2D eigenvalue weighted by Gasteiger charge is -2.10. The molecule has 0 saturated carbocycles. The summed E-state index contributed by atoms with van der Waals surface area (Å²) in [7, 11) is 0. The summed E-state index contributed by atoms with van der Waals surface area (Å²) in [5.41, 5.74) is 6.72. The van der Waals surface area contributed by atoms with Gasteiger partial charge >= 0.3 is 6.03 Å². The van der Waals surface area contributed by atoms with Crippen LogP contribution in [-0.2, 0) is 6.42 Å². The second kappa shape index (κ2) is 6.29. The Hall–Kier alpha value is -3.59. The fourth-order valence-electron chi connectivity index (χ4n) is 3.78. The Morgan fingerprint density at radius 1 is 0.630 bits per heavy atom. The number of hydrogen-bond acceptors (Lipinski definition) is 1. The molecular weight excluding hydrogens is 332 g/mol. The number of hydrogen-bond donors (Lipinski definition) is 2. The summed E-state index contributed by atoms with van der Waals surface area (Å²) >= 11 is 0. The van der Waals surface area contributed by atoms with Gasteiger partial charge in [-0.15, -0.1) is 0 Å². The molecule has 3 nitrogen and oxygen atoms in total. The van der Waals surface area contributed by atoms with Crippen molar-refractivity contribution in [3.05, 3.63) is 96.1 Å². The van der Waals surface area contributed by atoms with Crippen molar-refractivity contribution in [2.24, 2.45) is 0 Å². The number of amides is 2. The molecule has 0 unspecified atom stereocenters. The highest BCUT2D eigenvalue weighted by Crippen LogP contribution is 2.37. The third-order valence-corrected chi connectivity index (χ3v) is 5.06. The highest BCUT2D eigenvalue weighted by atomic mass is 16.2. The minimum atomic E-state index is -0.235.